The number of hydrogen-bond acceptors (Lipinski definition) is 5. The Bertz CT molecular complexity index is 577. The van der Waals surface area contributed by atoms with Gasteiger partial charge >= 0.3 is 5.97 Å². The van der Waals surface area contributed by atoms with Crippen molar-refractivity contribution in [2.75, 3.05) is 19.5 Å². The Morgan fingerprint density at radius 2 is 2.28 bits per heavy atom. The molecule has 2 rings (SSSR count). The van der Waals surface area contributed by atoms with E-state index in [0.717, 1.165) is 6.42 Å². The second kappa shape index (κ2) is 4.95. The molecule has 0 aliphatic heterocycles. The largest absolute Gasteiger partial charge is 0.491 e. The lowest BCUT2D eigenvalue weighted by molar-refractivity contribution is 0.0588. The molecule has 0 aliphatic carbocycles. The SMILES string of the molecule is CCCOc1ccc2[nH]c(C(=O)OC)nc2c1N. The van der Waals surface area contributed by atoms with Crippen LogP contribution in [-0.4, -0.2) is 29.7 Å². The van der Waals surface area contributed by atoms with Gasteiger partial charge in [0.2, 0.25) is 5.82 Å². The molecule has 3 N–H and O–H groups in total. The summed E-state index contributed by atoms with van der Waals surface area (Å²) in [6, 6.07) is 3.53. The number of rotatable bonds is 4. The number of hydrogen-bond donors (Lipinski definition) is 2. The van der Waals surface area contributed by atoms with E-state index in [9.17, 15) is 4.79 Å². The number of nitrogens with zero attached hydrogens (tertiary/aromatic N) is 1. The van der Waals surface area contributed by atoms with Crippen LogP contribution in [-0.2, 0) is 4.74 Å². The quantitative estimate of drug-likeness (QED) is 0.636. The topological polar surface area (TPSA) is 90.2 Å². The number of carbonyl (C=O) groups is 1. The fraction of sp³-hybridized carbons (Fsp3) is 0.333. The first-order valence-electron chi connectivity index (χ1n) is 5.66. The number of nitrogens with one attached hydrogen (secondary N) is 1. The minimum Gasteiger partial charge on any atom is -0.491 e. The molecule has 0 spiro atoms. The number of anilines is 1. The van der Waals surface area contributed by atoms with E-state index < -0.39 is 5.97 Å². The number of H-pyrrole nitrogens is 1. The molecule has 6 heteroatoms. The number of nitrogen functional groups attached to an aromatic ring is 1. The van der Waals surface area contributed by atoms with Crippen LogP contribution in [0.2, 0.25) is 0 Å². The fourth-order valence-corrected chi connectivity index (χ4v) is 1.61. The van der Waals surface area contributed by atoms with E-state index in [-0.39, 0.29) is 5.82 Å². The average Bonchev–Trinajstić information content (AvgIpc) is 2.82. The van der Waals surface area contributed by atoms with Crippen molar-refractivity contribution >= 4 is 22.7 Å². The van der Waals surface area contributed by atoms with Gasteiger partial charge in [-0.1, -0.05) is 6.92 Å². The maximum Gasteiger partial charge on any atom is 0.374 e. The van der Waals surface area contributed by atoms with Crippen LogP contribution < -0.4 is 10.5 Å². The van der Waals surface area contributed by atoms with Crippen molar-refractivity contribution < 1.29 is 14.3 Å². The van der Waals surface area contributed by atoms with Crippen LogP contribution >= 0.6 is 0 Å². The van der Waals surface area contributed by atoms with Gasteiger partial charge in [0.05, 0.1) is 19.2 Å². The number of ether oxygens (including phenoxy) is 2. The Kier molecular flexibility index (Phi) is 3.36. The second-order valence-electron chi connectivity index (χ2n) is 3.80. The molecule has 2 aromatic rings. The highest BCUT2D eigenvalue weighted by Crippen LogP contribution is 2.29. The number of esters is 1. The van der Waals surface area contributed by atoms with Crippen molar-refractivity contribution in [1.29, 1.82) is 0 Å². The Labute approximate surface area is 104 Å². The van der Waals surface area contributed by atoms with E-state index in [1.807, 2.05) is 6.92 Å². The van der Waals surface area contributed by atoms with Crippen LogP contribution in [0.5, 0.6) is 5.75 Å². The van der Waals surface area contributed by atoms with Crippen LogP contribution in [0.3, 0.4) is 0 Å². The zero-order valence-corrected chi connectivity index (χ0v) is 10.3. The summed E-state index contributed by atoms with van der Waals surface area (Å²) in [5.74, 6) is 0.181. The first kappa shape index (κ1) is 12.2. The van der Waals surface area contributed by atoms with Crippen molar-refractivity contribution in [3.05, 3.63) is 18.0 Å². The highest BCUT2D eigenvalue weighted by atomic mass is 16.5. The summed E-state index contributed by atoms with van der Waals surface area (Å²) in [5.41, 5.74) is 7.57. The predicted molar refractivity (Wildman–Crippen MR) is 67.6 cm³/mol. The van der Waals surface area contributed by atoms with Crippen molar-refractivity contribution in [2.24, 2.45) is 0 Å². The summed E-state index contributed by atoms with van der Waals surface area (Å²) in [6.07, 6.45) is 0.894. The third kappa shape index (κ3) is 2.09. The molecule has 0 saturated heterocycles. The molecular weight excluding hydrogens is 234 g/mol. The van der Waals surface area contributed by atoms with Crippen LogP contribution in [0, 0.1) is 0 Å². The average molecular weight is 249 g/mol. The van der Waals surface area contributed by atoms with Crippen LogP contribution in [0.1, 0.15) is 24.0 Å². The normalized spacial score (nSPS) is 10.6. The number of methoxy groups -OCH3 is 1. The van der Waals surface area contributed by atoms with Gasteiger partial charge in [-0.2, -0.15) is 0 Å². The van der Waals surface area contributed by atoms with Gasteiger partial charge in [0, 0.05) is 0 Å². The summed E-state index contributed by atoms with van der Waals surface area (Å²) in [5, 5.41) is 0. The molecule has 0 aliphatic rings. The summed E-state index contributed by atoms with van der Waals surface area (Å²) >= 11 is 0. The smallest absolute Gasteiger partial charge is 0.374 e. The van der Waals surface area contributed by atoms with Crippen LogP contribution in [0.15, 0.2) is 12.1 Å². The molecular formula is C12H15N3O3. The molecule has 0 saturated carbocycles. The minimum absolute atomic E-state index is 0.131. The van der Waals surface area contributed by atoms with Gasteiger partial charge < -0.3 is 20.2 Å². The van der Waals surface area contributed by atoms with Gasteiger partial charge in [0.1, 0.15) is 17.0 Å². The summed E-state index contributed by atoms with van der Waals surface area (Å²) in [4.78, 5) is 18.3. The number of aromatic nitrogens is 2. The molecule has 1 aromatic carbocycles. The number of fused-ring (bicyclic) bond motifs is 1. The monoisotopic (exact) mass is 249 g/mol. The summed E-state index contributed by atoms with van der Waals surface area (Å²) in [7, 11) is 1.30. The lowest BCUT2D eigenvalue weighted by atomic mass is 10.2. The van der Waals surface area contributed by atoms with Crippen molar-refractivity contribution in [2.45, 2.75) is 13.3 Å². The van der Waals surface area contributed by atoms with Crippen LogP contribution in [0.25, 0.3) is 11.0 Å². The number of imidazole rings is 1. The first-order valence-corrected chi connectivity index (χ1v) is 5.66. The van der Waals surface area contributed by atoms with Crippen molar-refractivity contribution in [3.63, 3.8) is 0 Å². The van der Waals surface area contributed by atoms with Gasteiger partial charge in [-0.3, -0.25) is 0 Å². The highest BCUT2D eigenvalue weighted by molar-refractivity contribution is 5.96. The lowest BCUT2D eigenvalue weighted by Crippen LogP contribution is -2.03. The van der Waals surface area contributed by atoms with Crippen molar-refractivity contribution in [3.8, 4) is 5.75 Å². The van der Waals surface area contributed by atoms with E-state index in [1.165, 1.54) is 7.11 Å². The Hall–Kier alpha value is -2.24. The minimum atomic E-state index is -0.526. The molecule has 0 radical (unpaired) electrons. The van der Waals surface area contributed by atoms with Crippen LogP contribution in [0.4, 0.5) is 5.69 Å². The third-order valence-electron chi connectivity index (χ3n) is 2.49. The molecule has 0 atom stereocenters. The Balaban J connectivity index is 2.43. The first-order chi connectivity index (χ1) is 8.67. The molecule has 0 bridgehead atoms. The fourth-order valence-electron chi connectivity index (χ4n) is 1.61. The molecule has 0 amide bonds. The van der Waals surface area contributed by atoms with Gasteiger partial charge in [-0.15, -0.1) is 0 Å². The van der Waals surface area contributed by atoms with Crippen molar-refractivity contribution in [1.82, 2.24) is 9.97 Å². The van der Waals surface area contributed by atoms with Gasteiger partial charge in [0.25, 0.3) is 0 Å². The molecule has 0 fully saturated rings. The standard InChI is InChI=1S/C12H15N3O3/c1-3-6-18-8-5-4-7-10(9(8)13)15-11(14-7)12(16)17-2/h4-5H,3,6,13H2,1-2H3,(H,14,15). The van der Waals surface area contributed by atoms with E-state index in [4.69, 9.17) is 10.5 Å². The molecule has 0 unspecified atom stereocenters. The maximum atomic E-state index is 11.4. The maximum absolute atomic E-state index is 11.4. The summed E-state index contributed by atoms with van der Waals surface area (Å²) < 4.78 is 10.1. The summed E-state index contributed by atoms with van der Waals surface area (Å²) in [6.45, 7) is 2.60. The zero-order valence-electron chi connectivity index (χ0n) is 10.3. The van der Waals surface area contributed by atoms with Gasteiger partial charge in [0.15, 0.2) is 0 Å². The third-order valence-corrected chi connectivity index (χ3v) is 2.49. The van der Waals surface area contributed by atoms with Gasteiger partial charge in [-0.05, 0) is 18.6 Å². The van der Waals surface area contributed by atoms with Gasteiger partial charge in [-0.25, -0.2) is 9.78 Å². The number of carbonyl (C=O) groups excluding carboxylic acids is 1. The highest BCUT2D eigenvalue weighted by Gasteiger charge is 2.15. The number of nitrogens with two attached hydrogens (primary N) is 1. The second-order valence-corrected chi connectivity index (χ2v) is 3.80. The zero-order chi connectivity index (χ0) is 13.1. The molecule has 18 heavy (non-hydrogen) atoms. The van der Waals surface area contributed by atoms with E-state index in [2.05, 4.69) is 14.7 Å². The van der Waals surface area contributed by atoms with E-state index >= 15 is 0 Å². The van der Waals surface area contributed by atoms with E-state index in [0.29, 0.717) is 29.1 Å². The predicted octanol–water partition coefficient (Wildman–Crippen LogP) is 1.72. The number of aromatic amines is 1. The molecule has 1 aromatic heterocycles. The lowest BCUT2D eigenvalue weighted by Gasteiger charge is -2.07. The van der Waals surface area contributed by atoms with E-state index in [1.54, 1.807) is 12.1 Å². The molecule has 6 nitrogen and oxygen atoms in total. The molecule has 96 valence electrons. The Morgan fingerprint density at radius 3 is 2.94 bits per heavy atom. The Morgan fingerprint density at radius 1 is 1.50 bits per heavy atom. The molecule has 1 heterocycles. The number of benzene rings is 1.